The van der Waals surface area contributed by atoms with Crippen molar-refractivity contribution in [2.45, 2.75) is 13.3 Å². The van der Waals surface area contributed by atoms with Crippen LogP contribution in [0.2, 0.25) is 0 Å². The number of ether oxygens (including phenoxy) is 1. The minimum Gasteiger partial charge on any atom is -0.430 e. The molecule has 0 amide bonds. The molecule has 0 spiro atoms. The van der Waals surface area contributed by atoms with E-state index in [0.717, 1.165) is 18.5 Å². The highest BCUT2D eigenvalue weighted by molar-refractivity contribution is 5.31. The summed E-state index contributed by atoms with van der Waals surface area (Å²) in [7, 11) is 0. The van der Waals surface area contributed by atoms with Gasteiger partial charge < -0.3 is 4.74 Å². The Bertz CT molecular complexity index is 555. The Morgan fingerprint density at radius 3 is 2.39 bits per heavy atom. The van der Waals surface area contributed by atoms with Crippen molar-refractivity contribution in [1.29, 1.82) is 0 Å². The fourth-order valence-corrected chi connectivity index (χ4v) is 1.38. The lowest BCUT2D eigenvalue weighted by molar-refractivity contribution is 0.369. The first-order valence-electron chi connectivity index (χ1n) is 5.24. The van der Waals surface area contributed by atoms with Gasteiger partial charge in [0.05, 0.1) is 5.69 Å². The molecule has 0 atom stereocenters. The number of hydrogen-bond acceptors (Lipinski definition) is 3. The Morgan fingerprint density at radius 2 is 1.78 bits per heavy atom. The average Bonchev–Trinajstić information content (AvgIpc) is 2.36. The molecule has 94 valence electrons. The van der Waals surface area contributed by atoms with Gasteiger partial charge in [0.2, 0.25) is 11.6 Å². The first kappa shape index (κ1) is 12.3. The number of hydrogen-bond donors (Lipinski definition) is 0. The molecular formula is C12H9F3N2O. The smallest absolute Gasteiger partial charge is 0.259 e. The zero-order chi connectivity index (χ0) is 13.1. The fraction of sp³-hybridized carbons (Fsp3) is 0.167. The molecule has 3 nitrogen and oxygen atoms in total. The number of aryl methyl sites for hydroxylation is 1. The van der Waals surface area contributed by atoms with Crippen LogP contribution in [0.3, 0.4) is 0 Å². The predicted octanol–water partition coefficient (Wildman–Crippen LogP) is 3.25. The topological polar surface area (TPSA) is 35.0 Å². The number of rotatable bonds is 3. The maximum Gasteiger partial charge on any atom is 0.259 e. The molecule has 2 rings (SSSR count). The van der Waals surface area contributed by atoms with Crippen LogP contribution in [0.25, 0.3) is 0 Å². The Morgan fingerprint density at radius 1 is 1.11 bits per heavy atom. The Labute approximate surface area is 101 Å². The Hall–Kier alpha value is -2.11. The average molecular weight is 254 g/mol. The second-order valence-corrected chi connectivity index (χ2v) is 3.45. The third kappa shape index (κ3) is 2.27. The summed E-state index contributed by atoms with van der Waals surface area (Å²) in [5.74, 6) is -3.84. The monoisotopic (exact) mass is 254 g/mol. The van der Waals surface area contributed by atoms with Crippen molar-refractivity contribution >= 4 is 0 Å². The Balaban J connectivity index is 2.40. The number of para-hydroxylation sites is 1. The van der Waals surface area contributed by atoms with Crippen LogP contribution >= 0.6 is 0 Å². The van der Waals surface area contributed by atoms with Crippen LogP contribution in [0.5, 0.6) is 11.6 Å². The van der Waals surface area contributed by atoms with Gasteiger partial charge in [-0.3, -0.25) is 0 Å². The number of halogens is 3. The van der Waals surface area contributed by atoms with Gasteiger partial charge in [0.25, 0.3) is 5.88 Å². The van der Waals surface area contributed by atoms with Gasteiger partial charge in [-0.2, -0.15) is 9.37 Å². The van der Waals surface area contributed by atoms with E-state index in [1.165, 1.54) is 6.07 Å². The zero-order valence-electron chi connectivity index (χ0n) is 9.45. The minimum absolute atomic E-state index is 0.122. The van der Waals surface area contributed by atoms with Crippen LogP contribution in [-0.2, 0) is 6.42 Å². The maximum atomic E-state index is 13.7. The molecule has 1 aromatic carbocycles. The molecule has 6 heteroatoms. The molecule has 1 heterocycles. The van der Waals surface area contributed by atoms with E-state index in [0.29, 0.717) is 6.42 Å². The van der Waals surface area contributed by atoms with Gasteiger partial charge in [0.1, 0.15) is 6.33 Å². The van der Waals surface area contributed by atoms with Gasteiger partial charge in [-0.25, -0.2) is 13.8 Å². The summed E-state index contributed by atoms with van der Waals surface area (Å²) in [6.07, 6.45) is 1.40. The molecule has 0 saturated carbocycles. The lowest BCUT2D eigenvalue weighted by Crippen LogP contribution is -2.01. The summed E-state index contributed by atoms with van der Waals surface area (Å²) < 4.78 is 45.2. The summed E-state index contributed by atoms with van der Waals surface area (Å²) in [6, 6.07) is 3.21. The Kier molecular flexibility index (Phi) is 3.45. The van der Waals surface area contributed by atoms with Crippen LogP contribution in [-0.4, -0.2) is 9.97 Å². The molecule has 0 N–H and O–H groups in total. The van der Waals surface area contributed by atoms with Crippen LogP contribution in [0, 0.1) is 17.5 Å². The van der Waals surface area contributed by atoms with E-state index in [4.69, 9.17) is 4.74 Å². The van der Waals surface area contributed by atoms with Crippen LogP contribution < -0.4 is 4.74 Å². The quantitative estimate of drug-likeness (QED) is 0.843. The predicted molar refractivity (Wildman–Crippen MR) is 57.8 cm³/mol. The fourth-order valence-electron chi connectivity index (χ4n) is 1.38. The van der Waals surface area contributed by atoms with Gasteiger partial charge in [-0.1, -0.05) is 13.0 Å². The van der Waals surface area contributed by atoms with Crippen LogP contribution in [0.1, 0.15) is 12.6 Å². The zero-order valence-corrected chi connectivity index (χ0v) is 9.45. The van der Waals surface area contributed by atoms with Crippen molar-refractivity contribution in [3.8, 4) is 11.6 Å². The van der Waals surface area contributed by atoms with Crippen molar-refractivity contribution in [2.75, 3.05) is 0 Å². The summed E-state index contributed by atoms with van der Waals surface area (Å²) in [5, 5.41) is 0. The van der Waals surface area contributed by atoms with Gasteiger partial charge in [-0.05, 0) is 18.6 Å². The van der Waals surface area contributed by atoms with Gasteiger partial charge >= 0.3 is 0 Å². The lowest BCUT2D eigenvalue weighted by atomic mass is 10.3. The van der Waals surface area contributed by atoms with Crippen molar-refractivity contribution in [1.82, 2.24) is 9.97 Å². The summed E-state index contributed by atoms with van der Waals surface area (Å²) in [6.45, 7) is 1.69. The normalized spacial score (nSPS) is 10.4. The summed E-state index contributed by atoms with van der Waals surface area (Å²) in [4.78, 5) is 7.21. The van der Waals surface area contributed by atoms with Gasteiger partial charge in [0.15, 0.2) is 11.6 Å². The number of nitrogens with zero attached hydrogens (tertiary/aromatic N) is 2. The first-order chi connectivity index (χ1) is 8.63. The van der Waals surface area contributed by atoms with E-state index >= 15 is 0 Å². The standard InChI is InChI=1S/C12H9F3N2O/c1-2-9-10(15)12(17-6-16-9)18-11-7(13)4-3-5-8(11)14/h3-6H,2H2,1H3. The SMILES string of the molecule is CCc1ncnc(Oc2c(F)cccc2F)c1F. The van der Waals surface area contributed by atoms with Crippen molar-refractivity contribution < 1.29 is 17.9 Å². The molecule has 0 radical (unpaired) electrons. The molecule has 0 fully saturated rings. The molecule has 0 aliphatic carbocycles. The molecule has 18 heavy (non-hydrogen) atoms. The highest BCUT2D eigenvalue weighted by Crippen LogP contribution is 2.28. The maximum absolute atomic E-state index is 13.7. The van der Waals surface area contributed by atoms with E-state index < -0.39 is 29.1 Å². The molecule has 0 saturated heterocycles. The van der Waals surface area contributed by atoms with E-state index in [1.54, 1.807) is 6.92 Å². The van der Waals surface area contributed by atoms with E-state index in [1.807, 2.05) is 0 Å². The van der Waals surface area contributed by atoms with Crippen LogP contribution in [0.4, 0.5) is 13.2 Å². The summed E-state index contributed by atoms with van der Waals surface area (Å²) >= 11 is 0. The molecule has 0 bridgehead atoms. The molecule has 0 aliphatic rings. The molecule has 2 aromatic rings. The third-order valence-electron chi connectivity index (χ3n) is 2.28. The largest absolute Gasteiger partial charge is 0.430 e. The van der Waals surface area contributed by atoms with E-state index in [-0.39, 0.29) is 5.69 Å². The molecule has 0 aliphatic heterocycles. The van der Waals surface area contributed by atoms with Gasteiger partial charge in [0, 0.05) is 0 Å². The highest BCUT2D eigenvalue weighted by Gasteiger charge is 2.16. The minimum atomic E-state index is -0.925. The molecule has 0 unspecified atom stereocenters. The van der Waals surface area contributed by atoms with E-state index in [9.17, 15) is 13.2 Å². The van der Waals surface area contributed by atoms with E-state index in [2.05, 4.69) is 9.97 Å². The number of benzene rings is 1. The van der Waals surface area contributed by atoms with Crippen molar-refractivity contribution in [3.63, 3.8) is 0 Å². The second-order valence-electron chi connectivity index (χ2n) is 3.45. The third-order valence-corrected chi connectivity index (χ3v) is 2.28. The van der Waals surface area contributed by atoms with Crippen LogP contribution in [0.15, 0.2) is 24.5 Å². The summed E-state index contributed by atoms with van der Waals surface area (Å²) in [5.41, 5.74) is 0.122. The highest BCUT2D eigenvalue weighted by atomic mass is 19.1. The number of aromatic nitrogens is 2. The first-order valence-corrected chi connectivity index (χ1v) is 5.24. The molecular weight excluding hydrogens is 245 g/mol. The van der Waals surface area contributed by atoms with Gasteiger partial charge in [-0.15, -0.1) is 0 Å². The second kappa shape index (κ2) is 5.03. The van der Waals surface area contributed by atoms with Crippen molar-refractivity contribution in [3.05, 3.63) is 47.7 Å². The lowest BCUT2D eigenvalue weighted by Gasteiger charge is -2.08. The van der Waals surface area contributed by atoms with Crippen molar-refractivity contribution in [2.24, 2.45) is 0 Å². The molecule has 1 aromatic heterocycles.